The average Bonchev–Trinajstić information content (AvgIpc) is 1.62. The number of alkyl carbamates (subject to hydrolysis) is 1. The molecular formula is C79H125N11O17. The van der Waals surface area contributed by atoms with Crippen LogP contribution in [0, 0.1) is 41.4 Å². The predicted octanol–water partition coefficient (Wildman–Crippen LogP) is 6.31. The van der Waals surface area contributed by atoms with Gasteiger partial charge in [0, 0.05) is 61.7 Å². The number of rotatable bonds is 41. The van der Waals surface area contributed by atoms with Crippen molar-refractivity contribution in [1.29, 1.82) is 0 Å². The number of methoxy groups -OCH3 is 1. The zero-order valence-electron chi connectivity index (χ0n) is 67.8. The van der Waals surface area contributed by atoms with E-state index in [9.17, 15) is 72.5 Å². The van der Waals surface area contributed by atoms with Gasteiger partial charge in [-0.1, -0.05) is 151 Å². The summed E-state index contributed by atoms with van der Waals surface area (Å²) in [6, 6.07) is 2.93. The Balaban J connectivity index is 1.80. The molecule has 0 aliphatic heterocycles. The lowest BCUT2D eigenvalue weighted by Gasteiger charge is -2.41. The SMILES string of the molecule is C/C=C/C[C@@H](C)[C@@H](O)[C@@H](C(=O)OC)N(C)C(=O)[C@H](C(C)C)N(C)C(=O)[C@H](CC(C)C)N(C)C(=O)[C@H](CC(C)C)N(C)C(=O)[C@@H](C)NC(=O)[C@H](C)NC(=O)[C@H](CC(C)C)N(C)C(=O)[C@@H](NC(=O)[C@H](CC(C)C)N(C)C(=O)CN(C)C(=O)[C@H](CCC(=O)O)NC(=O)OCC1c2ccccc2-c2ccccc21)C(C)C. The average molecular weight is 1500 g/mol. The Labute approximate surface area is 634 Å². The second-order valence-electron chi connectivity index (χ2n) is 31.1. The number of aliphatic hydroxyl groups excluding tert-OH is 1. The normalized spacial score (nSPS) is 15.4. The van der Waals surface area contributed by atoms with Gasteiger partial charge >= 0.3 is 18.0 Å². The molecule has 1 aliphatic carbocycles. The van der Waals surface area contributed by atoms with E-state index in [4.69, 9.17) is 9.47 Å². The molecule has 2 aromatic rings. The molecule has 12 atom stereocenters. The van der Waals surface area contributed by atoms with Crippen LogP contribution in [0.1, 0.15) is 173 Å². The van der Waals surface area contributed by atoms with Crippen molar-refractivity contribution >= 4 is 77.1 Å². The molecule has 0 fully saturated rings. The van der Waals surface area contributed by atoms with Crippen molar-refractivity contribution in [2.75, 3.05) is 69.6 Å². The van der Waals surface area contributed by atoms with Crippen molar-refractivity contribution in [3.63, 3.8) is 0 Å². The van der Waals surface area contributed by atoms with Crippen molar-refractivity contribution in [1.82, 2.24) is 55.6 Å². The molecule has 1 aliphatic rings. The molecule has 598 valence electrons. The first kappa shape index (κ1) is 92.3. The topological polar surface area (TPSA) is 352 Å². The van der Waals surface area contributed by atoms with Crippen LogP contribution in [0.15, 0.2) is 60.7 Å². The number of nitrogens with one attached hydrogen (secondary N) is 4. The molecule has 0 heterocycles. The minimum atomic E-state index is -1.42. The molecule has 28 heteroatoms. The van der Waals surface area contributed by atoms with E-state index in [2.05, 4.69) is 21.3 Å². The number of carbonyl (C=O) groups excluding carboxylic acids is 12. The monoisotopic (exact) mass is 1500 g/mol. The second kappa shape index (κ2) is 42.6. The minimum Gasteiger partial charge on any atom is -0.481 e. The van der Waals surface area contributed by atoms with Crippen molar-refractivity contribution in [3.05, 3.63) is 71.8 Å². The maximum Gasteiger partial charge on any atom is 0.407 e. The van der Waals surface area contributed by atoms with Gasteiger partial charge in [0.15, 0.2) is 6.04 Å². The summed E-state index contributed by atoms with van der Waals surface area (Å²) in [7, 11) is 10.9. The molecule has 0 spiro atoms. The van der Waals surface area contributed by atoms with Crippen LogP contribution in [0.5, 0.6) is 0 Å². The highest BCUT2D eigenvalue weighted by atomic mass is 16.5. The first-order valence-electron chi connectivity index (χ1n) is 37.3. The Bertz CT molecular complexity index is 3380. The van der Waals surface area contributed by atoms with E-state index < -0.39 is 174 Å². The third kappa shape index (κ3) is 25.6. The summed E-state index contributed by atoms with van der Waals surface area (Å²) in [5, 5.41) is 31.7. The van der Waals surface area contributed by atoms with Gasteiger partial charge in [-0.25, -0.2) is 9.59 Å². The van der Waals surface area contributed by atoms with E-state index in [-0.39, 0.29) is 68.3 Å². The van der Waals surface area contributed by atoms with Crippen LogP contribution in [-0.2, 0) is 67.0 Å². The summed E-state index contributed by atoms with van der Waals surface area (Å²) in [5.41, 5.74) is 3.91. The number of amides is 11. The lowest BCUT2D eigenvalue weighted by atomic mass is 9.92. The van der Waals surface area contributed by atoms with E-state index in [0.29, 0.717) is 6.42 Å². The fraction of sp³-hybridized carbons (Fsp3) is 0.658. The lowest BCUT2D eigenvalue weighted by molar-refractivity contribution is -0.163. The number of fused-ring (bicyclic) bond motifs is 3. The number of esters is 1. The molecule has 107 heavy (non-hydrogen) atoms. The van der Waals surface area contributed by atoms with E-state index >= 15 is 0 Å². The molecule has 3 rings (SSSR count). The Morgan fingerprint density at radius 3 is 1.40 bits per heavy atom. The number of hydrogen-bond acceptors (Lipinski definition) is 16. The number of aliphatic carboxylic acids is 1. The molecule has 0 unspecified atom stereocenters. The maximum atomic E-state index is 15.0. The zero-order valence-corrected chi connectivity index (χ0v) is 67.8. The fourth-order valence-corrected chi connectivity index (χ4v) is 13.5. The summed E-state index contributed by atoms with van der Waals surface area (Å²) in [4.78, 5) is 192. The van der Waals surface area contributed by atoms with Crippen LogP contribution in [0.4, 0.5) is 4.79 Å². The lowest BCUT2D eigenvalue weighted by Crippen LogP contribution is -2.62. The predicted molar refractivity (Wildman–Crippen MR) is 407 cm³/mol. The second-order valence-corrected chi connectivity index (χ2v) is 31.1. The van der Waals surface area contributed by atoms with Gasteiger partial charge in [0.1, 0.15) is 61.0 Å². The Morgan fingerprint density at radius 2 is 0.935 bits per heavy atom. The highest BCUT2D eigenvalue weighted by molar-refractivity contribution is 5.99. The number of allylic oxidation sites excluding steroid dienone is 2. The number of carbonyl (C=O) groups is 13. The number of ether oxygens (including phenoxy) is 2. The number of nitrogens with zero attached hydrogens (tertiary/aromatic N) is 7. The number of hydrogen-bond donors (Lipinski definition) is 6. The molecule has 6 N–H and O–H groups in total. The van der Waals surface area contributed by atoms with Gasteiger partial charge in [0.05, 0.1) is 19.8 Å². The number of carboxylic acid groups (broad SMARTS) is 1. The molecule has 2 aromatic carbocycles. The molecule has 11 amide bonds. The quantitative estimate of drug-likeness (QED) is 0.0314. The molecule has 0 saturated heterocycles. The Morgan fingerprint density at radius 1 is 0.495 bits per heavy atom. The van der Waals surface area contributed by atoms with Crippen LogP contribution in [-0.4, -0.2) is 258 Å². The number of likely N-dealkylation sites (N-methyl/N-ethyl adjacent to an activating group) is 7. The third-order valence-corrected chi connectivity index (χ3v) is 19.8. The van der Waals surface area contributed by atoms with Crippen molar-refractivity contribution < 1.29 is 82.0 Å². The largest absolute Gasteiger partial charge is 0.481 e. The first-order valence-corrected chi connectivity index (χ1v) is 37.3. The minimum absolute atomic E-state index is 0.0812. The third-order valence-electron chi connectivity index (χ3n) is 19.8. The Kier molecular flexibility index (Phi) is 36.7. The molecule has 0 radical (unpaired) electrons. The zero-order chi connectivity index (χ0) is 81.5. The van der Waals surface area contributed by atoms with Crippen LogP contribution >= 0.6 is 0 Å². The maximum absolute atomic E-state index is 15.0. The van der Waals surface area contributed by atoms with Gasteiger partial charge in [-0.2, -0.15) is 0 Å². The van der Waals surface area contributed by atoms with E-state index in [0.717, 1.165) is 44.1 Å². The Hall–Kier alpha value is -8.95. The van der Waals surface area contributed by atoms with Gasteiger partial charge in [-0.3, -0.25) is 52.7 Å². The molecule has 28 nitrogen and oxygen atoms in total. The summed E-state index contributed by atoms with van der Waals surface area (Å²) in [5.74, 6) is -11.5. The van der Waals surface area contributed by atoms with Gasteiger partial charge < -0.3 is 75.3 Å². The van der Waals surface area contributed by atoms with Gasteiger partial charge in [0.2, 0.25) is 59.1 Å². The summed E-state index contributed by atoms with van der Waals surface area (Å²) >= 11 is 0. The summed E-state index contributed by atoms with van der Waals surface area (Å²) in [6.07, 6.45) is 1.41. The number of aliphatic hydroxyl groups is 1. The van der Waals surface area contributed by atoms with Gasteiger partial charge in [0.25, 0.3) is 0 Å². The van der Waals surface area contributed by atoms with Crippen LogP contribution in [0.2, 0.25) is 0 Å². The van der Waals surface area contributed by atoms with E-state index in [1.807, 2.05) is 123 Å². The van der Waals surface area contributed by atoms with E-state index in [1.165, 1.54) is 82.8 Å². The smallest absolute Gasteiger partial charge is 0.407 e. The highest BCUT2D eigenvalue weighted by Crippen LogP contribution is 2.44. The standard InChI is InChI=1S/C79H125N11O17/c1-25-26-31-50(14)68(94)67(78(104)106-24)90(23)77(103)66(49(12)13)89(22)75(101)62(41-47(8)9)88(21)74(100)61(40-46(6)7)87(20)72(98)52(16)81-69(95)51(15)80-70(96)60(39-45(4)5)86(19)76(102)65(48(10)11)83-71(97)59(38-44(2)3)85(18)63(91)42-84(17)73(99)58(36-37-64(92)93)82-79(105)107-43-57-55-34-29-27-32-53(55)54-33-28-30-35-56(54)57/h25-30,32-35,44-52,57-62,65-68,94H,31,36-43H2,1-24H3,(H,80,96)(H,81,95)(H,82,105)(H,83,97)(H,92,93)/b26-25+/t50-,51+,52-,58+,59+,60+,61+,62+,65+,66+,67+,68-/m1/s1. The number of benzene rings is 2. The molecule has 0 saturated carbocycles. The van der Waals surface area contributed by atoms with Gasteiger partial charge in [-0.15, -0.1) is 0 Å². The van der Waals surface area contributed by atoms with Crippen molar-refractivity contribution in [2.45, 2.75) is 228 Å². The van der Waals surface area contributed by atoms with Crippen molar-refractivity contribution in [2.24, 2.45) is 41.4 Å². The summed E-state index contributed by atoms with van der Waals surface area (Å²) < 4.78 is 10.7. The van der Waals surface area contributed by atoms with Gasteiger partial charge in [-0.05, 0) is 123 Å². The van der Waals surface area contributed by atoms with E-state index in [1.54, 1.807) is 34.6 Å². The number of carboxylic acids is 1. The van der Waals surface area contributed by atoms with Crippen LogP contribution < -0.4 is 21.3 Å². The fourth-order valence-electron chi connectivity index (χ4n) is 13.5. The molecule has 0 aromatic heterocycles. The molecule has 0 bridgehead atoms. The van der Waals surface area contributed by atoms with Crippen LogP contribution in [0.25, 0.3) is 11.1 Å². The van der Waals surface area contributed by atoms with Crippen molar-refractivity contribution in [3.8, 4) is 11.1 Å². The molecular weight excluding hydrogens is 1370 g/mol. The summed E-state index contributed by atoms with van der Waals surface area (Å²) in [6.45, 7) is 27.3. The first-order chi connectivity index (χ1) is 49.9. The van der Waals surface area contributed by atoms with Crippen LogP contribution in [0.3, 0.4) is 0 Å². The highest BCUT2D eigenvalue weighted by Gasteiger charge is 2.46.